The van der Waals surface area contributed by atoms with Gasteiger partial charge in [0.1, 0.15) is 5.82 Å². The van der Waals surface area contributed by atoms with Crippen LogP contribution in [0.2, 0.25) is 0 Å². The van der Waals surface area contributed by atoms with Crippen molar-refractivity contribution >= 4 is 41.7 Å². The van der Waals surface area contributed by atoms with Crippen molar-refractivity contribution in [1.82, 2.24) is 10.2 Å². The molecule has 0 spiro atoms. The summed E-state index contributed by atoms with van der Waals surface area (Å²) in [5.74, 6) is 1.80. The highest BCUT2D eigenvalue weighted by atomic mass is 127. The molecule has 1 rings (SSSR count). The number of benzene rings is 1. The Hall–Kier alpha value is -0.500. The van der Waals surface area contributed by atoms with Crippen LogP contribution < -0.4 is 5.32 Å². The van der Waals surface area contributed by atoms with E-state index >= 15 is 0 Å². The van der Waals surface area contributed by atoms with Crippen LogP contribution in [0.15, 0.2) is 29.3 Å². The lowest BCUT2D eigenvalue weighted by Gasteiger charge is -2.22. The van der Waals surface area contributed by atoms with Crippen LogP contribution in [0.4, 0.5) is 4.39 Å². The number of rotatable bonds is 7. The van der Waals surface area contributed by atoms with Crippen molar-refractivity contribution in [2.45, 2.75) is 19.9 Å². The highest BCUT2D eigenvalue weighted by Gasteiger charge is 2.06. The summed E-state index contributed by atoms with van der Waals surface area (Å²) in [7, 11) is 1.97. The molecular weight excluding hydrogens is 400 g/mol. The summed E-state index contributed by atoms with van der Waals surface area (Å²) < 4.78 is 13.2. The minimum absolute atomic E-state index is 0. The third-order valence-corrected chi connectivity index (χ3v) is 3.47. The predicted molar refractivity (Wildman–Crippen MR) is 102 cm³/mol. The molecule has 0 aliphatic rings. The van der Waals surface area contributed by atoms with Crippen LogP contribution in [0.3, 0.4) is 0 Å². The van der Waals surface area contributed by atoms with Gasteiger partial charge < -0.3 is 10.2 Å². The van der Waals surface area contributed by atoms with E-state index in [1.54, 1.807) is 12.1 Å². The Morgan fingerprint density at radius 3 is 2.81 bits per heavy atom. The summed E-state index contributed by atoms with van der Waals surface area (Å²) in [4.78, 5) is 6.62. The zero-order valence-corrected chi connectivity index (χ0v) is 16.1. The highest BCUT2D eigenvalue weighted by Crippen LogP contribution is 2.06. The fraction of sp³-hybridized carbons (Fsp3) is 0.533. The maximum Gasteiger partial charge on any atom is 0.193 e. The van der Waals surface area contributed by atoms with Gasteiger partial charge in [-0.1, -0.05) is 12.1 Å². The largest absolute Gasteiger partial charge is 0.357 e. The summed E-state index contributed by atoms with van der Waals surface area (Å²) in [6, 6.07) is 6.69. The molecule has 6 heteroatoms. The number of guanidine groups is 1. The summed E-state index contributed by atoms with van der Waals surface area (Å²) >= 11 is 1.83. The number of thioether (sulfide) groups is 1. The van der Waals surface area contributed by atoms with Gasteiger partial charge in [-0.15, -0.1) is 24.0 Å². The van der Waals surface area contributed by atoms with Gasteiger partial charge in [-0.05, 0) is 43.0 Å². The van der Waals surface area contributed by atoms with Crippen molar-refractivity contribution in [3.05, 3.63) is 35.6 Å². The van der Waals surface area contributed by atoms with Crippen molar-refractivity contribution in [1.29, 1.82) is 0 Å². The van der Waals surface area contributed by atoms with Crippen LogP contribution >= 0.6 is 35.7 Å². The van der Waals surface area contributed by atoms with Gasteiger partial charge in [0.05, 0.1) is 0 Å². The van der Waals surface area contributed by atoms with E-state index in [0.29, 0.717) is 6.54 Å². The second-order valence-electron chi connectivity index (χ2n) is 4.57. The maximum absolute atomic E-state index is 13.2. The minimum Gasteiger partial charge on any atom is -0.357 e. The Labute approximate surface area is 148 Å². The normalized spacial score (nSPS) is 11.0. The monoisotopic (exact) mass is 425 g/mol. The Bertz CT molecular complexity index is 429. The fourth-order valence-electron chi connectivity index (χ4n) is 1.85. The van der Waals surface area contributed by atoms with Crippen molar-refractivity contribution in [3.8, 4) is 0 Å². The van der Waals surface area contributed by atoms with Crippen molar-refractivity contribution in [3.63, 3.8) is 0 Å². The number of hydrogen-bond donors (Lipinski definition) is 1. The Morgan fingerprint density at radius 2 is 2.19 bits per heavy atom. The van der Waals surface area contributed by atoms with Crippen LogP contribution in [0, 0.1) is 5.82 Å². The molecule has 1 aromatic carbocycles. The smallest absolute Gasteiger partial charge is 0.193 e. The van der Waals surface area contributed by atoms with Gasteiger partial charge in [-0.3, -0.25) is 4.99 Å². The molecule has 0 aliphatic carbocycles. The first-order valence-electron chi connectivity index (χ1n) is 6.90. The number of halogens is 2. The molecule has 1 aromatic rings. The molecule has 0 bridgehead atoms. The van der Waals surface area contributed by atoms with Gasteiger partial charge in [0.15, 0.2) is 5.96 Å². The molecule has 0 saturated carbocycles. The van der Waals surface area contributed by atoms with E-state index in [9.17, 15) is 4.39 Å². The Kier molecular flexibility index (Phi) is 11.8. The third kappa shape index (κ3) is 8.50. The standard InChI is InChI=1S/C15H24FN3S.HI/c1-4-17-15(18-9-6-10-20-3)19(2)12-13-7-5-8-14(16)11-13;/h5,7-8,11H,4,6,9-10,12H2,1-3H3,(H,17,18);1H. The second-order valence-corrected chi connectivity index (χ2v) is 5.55. The van der Waals surface area contributed by atoms with E-state index in [2.05, 4.69) is 16.6 Å². The first-order valence-corrected chi connectivity index (χ1v) is 8.29. The Balaban J connectivity index is 0.00000400. The van der Waals surface area contributed by atoms with Gasteiger partial charge >= 0.3 is 0 Å². The van der Waals surface area contributed by atoms with Crippen LogP contribution in [-0.4, -0.2) is 43.0 Å². The molecule has 0 atom stereocenters. The lowest BCUT2D eigenvalue weighted by atomic mass is 10.2. The van der Waals surface area contributed by atoms with Crippen LogP contribution in [0.5, 0.6) is 0 Å². The SMILES string of the molecule is CCNC(=NCCCSC)N(C)Cc1cccc(F)c1.I. The first-order chi connectivity index (χ1) is 9.67. The molecule has 21 heavy (non-hydrogen) atoms. The molecule has 0 aromatic heterocycles. The molecule has 1 N–H and O–H groups in total. The number of nitrogens with one attached hydrogen (secondary N) is 1. The number of aliphatic imine (C=N–C) groups is 1. The maximum atomic E-state index is 13.2. The summed E-state index contributed by atoms with van der Waals surface area (Å²) in [6.45, 7) is 4.34. The summed E-state index contributed by atoms with van der Waals surface area (Å²) in [5.41, 5.74) is 0.946. The van der Waals surface area contributed by atoms with Crippen molar-refractivity contribution in [2.24, 2.45) is 4.99 Å². The van der Waals surface area contributed by atoms with E-state index in [1.807, 2.05) is 36.7 Å². The molecule has 3 nitrogen and oxygen atoms in total. The zero-order chi connectivity index (χ0) is 14.8. The highest BCUT2D eigenvalue weighted by molar-refractivity contribution is 14.0. The second kappa shape index (κ2) is 12.1. The van der Waals surface area contributed by atoms with Crippen molar-refractivity contribution < 1.29 is 4.39 Å². The van der Waals surface area contributed by atoms with E-state index in [-0.39, 0.29) is 29.8 Å². The number of nitrogens with zero attached hydrogens (tertiary/aromatic N) is 2. The topological polar surface area (TPSA) is 27.6 Å². The average molecular weight is 425 g/mol. The quantitative estimate of drug-likeness (QED) is 0.313. The molecule has 0 aliphatic heterocycles. The van der Waals surface area contributed by atoms with Crippen LogP contribution in [0.1, 0.15) is 18.9 Å². The molecule has 0 heterocycles. The predicted octanol–water partition coefficient (Wildman–Crippen LogP) is 3.59. The van der Waals surface area contributed by atoms with Gasteiger partial charge in [-0.2, -0.15) is 11.8 Å². The van der Waals surface area contributed by atoms with Crippen LogP contribution in [0.25, 0.3) is 0 Å². The molecule has 0 fully saturated rings. The van der Waals surface area contributed by atoms with Gasteiger partial charge in [0.25, 0.3) is 0 Å². The van der Waals surface area contributed by atoms with Gasteiger partial charge in [-0.25, -0.2) is 4.39 Å². The lowest BCUT2D eigenvalue weighted by molar-refractivity contribution is 0.475. The first kappa shape index (κ1) is 20.5. The van der Waals surface area contributed by atoms with Gasteiger partial charge in [0.2, 0.25) is 0 Å². The summed E-state index contributed by atoms with van der Waals surface area (Å²) in [6.07, 6.45) is 3.18. The molecule has 0 unspecified atom stereocenters. The summed E-state index contributed by atoms with van der Waals surface area (Å²) in [5, 5.41) is 3.27. The molecule has 0 amide bonds. The lowest BCUT2D eigenvalue weighted by Crippen LogP contribution is -2.38. The molecule has 0 saturated heterocycles. The molecule has 0 radical (unpaired) electrons. The number of hydrogen-bond acceptors (Lipinski definition) is 2. The average Bonchev–Trinajstić information content (AvgIpc) is 2.42. The van der Waals surface area contributed by atoms with E-state index in [0.717, 1.165) is 36.8 Å². The Morgan fingerprint density at radius 1 is 1.43 bits per heavy atom. The molecule has 120 valence electrons. The minimum atomic E-state index is -0.196. The van der Waals surface area contributed by atoms with E-state index in [1.165, 1.54) is 6.07 Å². The third-order valence-electron chi connectivity index (χ3n) is 2.77. The fourth-order valence-corrected chi connectivity index (χ4v) is 2.27. The van der Waals surface area contributed by atoms with Crippen molar-refractivity contribution in [2.75, 3.05) is 32.1 Å². The zero-order valence-electron chi connectivity index (χ0n) is 12.9. The van der Waals surface area contributed by atoms with E-state index < -0.39 is 0 Å². The molecular formula is C15H25FIN3S. The van der Waals surface area contributed by atoms with Gasteiger partial charge in [0, 0.05) is 26.7 Å². The van der Waals surface area contributed by atoms with E-state index in [4.69, 9.17) is 0 Å². The van der Waals surface area contributed by atoms with Crippen LogP contribution in [-0.2, 0) is 6.54 Å².